The highest BCUT2D eigenvalue weighted by Gasteiger charge is 2.36. The van der Waals surface area contributed by atoms with Crippen molar-refractivity contribution < 1.29 is 18.3 Å². The number of oxazole rings is 1. The van der Waals surface area contributed by atoms with Gasteiger partial charge in [0.25, 0.3) is 0 Å². The number of nitrogens with zero attached hydrogens (tertiary/aromatic N) is 1. The molecule has 0 aliphatic carbocycles. The number of benzene rings is 2. The highest BCUT2D eigenvalue weighted by Crippen LogP contribution is 2.39. The standard InChI is InChI=1S/C19H12FNO3/c20-13-8-5-12(6-9-13)7-10-17-21-11-16(23-17)18-14-3-1-2-4-15(14)24-19(18)22/h1-11,18H/b10-7+. The van der Waals surface area contributed by atoms with Crippen LogP contribution in [0.5, 0.6) is 5.75 Å². The van der Waals surface area contributed by atoms with Crippen LogP contribution >= 0.6 is 0 Å². The number of fused-ring (bicyclic) bond motifs is 1. The Labute approximate surface area is 137 Å². The van der Waals surface area contributed by atoms with Crippen LogP contribution in [0.25, 0.3) is 12.2 Å². The summed E-state index contributed by atoms with van der Waals surface area (Å²) in [6.07, 6.45) is 4.96. The van der Waals surface area contributed by atoms with E-state index in [-0.39, 0.29) is 11.8 Å². The van der Waals surface area contributed by atoms with Gasteiger partial charge in [0.05, 0.1) is 6.20 Å². The lowest BCUT2D eigenvalue weighted by molar-refractivity contribution is -0.133. The van der Waals surface area contributed by atoms with Crippen molar-refractivity contribution in [1.82, 2.24) is 4.98 Å². The van der Waals surface area contributed by atoms with Gasteiger partial charge in [0, 0.05) is 11.6 Å². The largest absolute Gasteiger partial charge is 0.441 e. The molecule has 4 nitrogen and oxygen atoms in total. The fraction of sp³-hybridized carbons (Fsp3) is 0.0526. The van der Waals surface area contributed by atoms with E-state index in [2.05, 4.69) is 4.98 Å². The van der Waals surface area contributed by atoms with E-state index in [4.69, 9.17) is 9.15 Å². The molecule has 24 heavy (non-hydrogen) atoms. The lowest BCUT2D eigenvalue weighted by atomic mass is 9.99. The summed E-state index contributed by atoms with van der Waals surface area (Å²) in [5.41, 5.74) is 1.59. The van der Waals surface area contributed by atoms with Crippen molar-refractivity contribution in [3.8, 4) is 5.75 Å². The highest BCUT2D eigenvalue weighted by atomic mass is 19.1. The highest BCUT2D eigenvalue weighted by molar-refractivity contribution is 5.88. The summed E-state index contributed by atoms with van der Waals surface area (Å²) < 4.78 is 23.8. The summed E-state index contributed by atoms with van der Waals surface area (Å²) in [6.45, 7) is 0. The number of ether oxygens (including phenoxy) is 1. The minimum absolute atomic E-state index is 0.288. The second-order valence-corrected chi connectivity index (χ2v) is 5.38. The van der Waals surface area contributed by atoms with E-state index in [1.165, 1.54) is 18.3 Å². The van der Waals surface area contributed by atoms with Gasteiger partial charge < -0.3 is 9.15 Å². The van der Waals surface area contributed by atoms with Crippen LogP contribution in [-0.4, -0.2) is 11.0 Å². The van der Waals surface area contributed by atoms with Crippen molar-refractivity contribution in [3.63, 3.8) is 0 Å². The average Bonchev–Trinajstić information content (AvgIpc) is 3.17. The van der Waals surface area contributed by atoms with Gasteiger partial charge in [-0.15, -0.1) is 0 Å². The molecule has 1 atom stereocenters. The van der Waals surface area contributed by atoms with E-state index in [0.29, 0.717) is 17.4 Å². The number of rotatable bonds is 3. The molecule has 0 spiro atoms. The Balaban J connectivity index is 1.59. The first-order chi connectivity index (χ1) is 11.7. The van der Waals surface area contributed by atoms with E-state index >= 15 is 0 Å². The third kappa shape index (κ3) is 2.60. The first kappa shape index (κ1) is 14.4. The Bertz CT molecular complexity index is 928. The Hall–Kier alpha value is -3.21. The van der Waals surface area contributed by atoms with Crippen molar-refractivity contribution in [2.45, 2.75) is 5.92 Å². The molecule has 1 aliphatic rings. The van der Waals surface area contributed by atoms with Crippen LogP contribution in [-0.2, 0) is 4.79 Å². The molecule has 3 aromatic rings. The molecular formula is C19H12FNO3. The maximum Gasteiger partial charge on any atom is 0.326 e. The molecule has 0 saturated heterocycles. The van der Waals surface area contributed by atoms with Crippen LogP contribution in [0.3, 0.4) is 0 Å². The first-order valence-corrected chi connectivity index (χ1v) is 7.41. The topological polar surface area (TPSA) is 52.3 Å². The molecule has 1 aliphatic heterocycles. The Morgan fingerprint density at radius 1 is 1.04 bits per heavy atom. The minimum atomic E-state index is -0.596. The maximum absolute atomic E-state index is 12.9. The van der Waals surface area contributed by atoms with Crippen molar-refractivity contribution in [3.05, 3.63) is 83.3 Å². The van der Waals surface area contributed by atoms with Crippen molar-refractivity contribution in [1.29, 1.82) is 0 Å². The summed E-state index contributed by atoms with van der Waals surface area (Å²) in [7, 11) is 0. The molecule has 0 fully saturated rings. The predicted molar refractivity (Wildman–Crippen MR) is 85.8 cm³/mol. The summed E-state index contributed by atoms with van der Waals surface area (Å²) in [6, 6.07) is 13.3. The predicted octanol–water partition coefficient (Wildman–Crippen LogP) is 4.04. The molecular weight excluding hydrogens is 309 g/mol. The van der Waals surface area contributed by atoms with E-state index < -0.39 is 5.92 Å². The number of hydrogen-bond acceptors (Lipinski definition) is 4. The van der Waals surface area contributed by atoms with Gasteiger partial charge in [-0.2, -0.15) is 0 Å². The molecule has 1 unspecified atom stereocenters. The SMILES string of the molecule is O=C1Oc2ccccc2C1c1cnc(/C=C/c2ccc(F)cc2)o1. The fourth-order valence-corrected chi connectivity index (χ4v) is 2.63. The second-order valence-electron chi connectivity index (χ2n) is 5.38. The quantitative estimate of drug-likeness (QED) is 0.540. The van der Waals surface area contributed by atoms with Gasteiger partial charge in [-0.05, 0) is 29.8 Å². The smallest absolute Gasteiger partial charge is 0.326 e. The third-order valence-corrected chi connectivity index (χ3v) is 3.79. The summed E-state index contributed by atoms with van der Waals surface area (Å²) in [5, 5.41) is 0. The average molecular weight is 321 g/mol. The van der Waals surface area contributed by atoms with Gasteiger partial charge in [0.1, 0.15) is 23.2 Å². The van der Waals surface area contributed by atoms with Gasteiger partial charge in [0.2, 0.25) is 5.89 Å². The van der Waals surface area contributed by atoms with E-state index in [0.717, 1.165) is 11.1 Å². The van der Waals surface area contributed by atoms with Crippen molar-refractivity contribution in [2.24, 2.45) is 0 Å². The zero-order valence-electron chi connectivity index (χ0n) is 12.5. The summed E-state index contributed by atoms with van der Waals surface area (Å²) in [4.78, 5) is 16.3. The lowest BCUT2D eigenvalue weighted by Gasteiger charge is -2.01. The third-order valence-electron chi connectivity index (χ3n) is 3.79. The lowest BCUT2D eigenvalue weighted by Crippen LogP contribution is -2.10. The number of carbonyl (C=O) groups excluding carboxylic acids is 1. The van der Waals surface area contributed by atoms with Crippen molar-refractivity contribution >= 4 is 18.1 Å². The van der Waals surface area contributed by atoms with Gasteiger partial charge in [-0.3, -0.25) is 4.79 Å². The van der Waals surface area contributed by atoms with Crippen LogP contribution in [0, 0.1) is 5.82 Å². The number of esters is 1. The van der Waals surface area contributed by atoms with E-state index in [9.17, 15) is 9.18 Å². The molecule has 2 heterocycles. The fourth-order valence-electron chi connectivity index (χ4n) is 2.63. The van der Waals surface area contributed by atoms with Gasteiger partial charge >= 0.3 is 5.97 Å². The number of halogens is 1. The zero-order valence-corrected chi connectivity index (χ0v) is 12.5. The van der Waals surface area contributed by atoms with Crippen molar-refractivity contribution in [2.75, 3.05) is 0 Å². The van der Waals surface area contributed by atoms with E-state index in [1.54, 1.807) is 30.4 Å². The van der Waals surface area contributed by atoms with Crippen LogP contribution in [0.1, 0.15) is 28.7 Å². The molecule has 2 aromatic carbocycles. The molecule has 4 rings (SSSR count). The normalized spacial score (nSPS) is 16.4. The zero-order chi connectivity index (χ0) is 16.5. The molecule has 0 radical (unpaired) electrons. The summed E-state index contributed by atoms with van der Waals surface area (Å²) >= 11 is 0. The molecule has 118 valence electrons. The van der Waals surface area contributed by atoms with Gasteiger partial charge in [-0.25, -0.2) is 9.37 Å². The molecule has 1 aromatic heterocycles. The number of hydrogen-bond donors (Lipinski definition) is 0. The Morgan fingerprint density at radius 3 is 2.67 bits per heavy atom. The number of para-hydroxylation sites is 1. The molecule has 0 N–H and O–H groups in total. The van der Waals surface area contributed by atoms with E-state index in [1.807, 2.05) is 18.2 Å². The number of carbonyl (C=O) groups is 1. The van der Waals surface area contributed by atoms with Crippen LogP contribution in [0.15, 0.2) is 59.1 Å². The Kier molecular flexibility index (Phi) is 3.46. The molecule has 5 heteroatoms. The van der Waals surface area contributed by atoms with Gasteiger partial charge in [0.15, 0.2) is 0 Å². The van der Waals surface area contributed by atoms with Gasteiger partial charge in [-0.1, -0.05) is 30.3 Å². The Morgan fingerprint density at radius 2 is 1.83 bits per heavy atom. The molecule has 0 amide bonds. The monoisotopic (exact) mass is 321 g/mol. The molecule has 0 saturated carbocycles. The summed E-state index contributed by atoms with van der Waals surface area (Å²) in [5.74, 6) is 0.0922. The first-order valence-electron chi connectivity index (χ1n) is 7.41. The second kappa shape index (κ2) is 5.77. The maximum atomic E-state index is 12.9. The van der Waals surface area contributed by atoms with Crippen LogP contribution < -0.4 is 4.74 Å². The van der Waals surface area contributed by atoms with Crippen LogP contribution in [0.2, 0.25) is 0 Å². The van der Waals surface area contributed by atoms with Crippen LogP contribution in [0.4, 0.5) is 4.39 Å². The minimum Gasteiger partial charge on any atom is -0.441 e. The molecule has 0 bridgehead atoms. The number of aromatic nitrogens is 1.